The van der Waals surface area contributed by atoms with Crippen molar-refractivity contribution < 1.29 is 9.59 Å². The largest absolute Gasteiger partial charge is 0.330 e. The zero-order valence-corrected chi connectivity index (χ0v) is 35.2. The molecule has 15 heteroatoms. The number of thioether (sulfide) groups is 2. The summed E-state index contributed by atoms with van der Waals surface area (Å²) in [7, 11) is 0. The van der Waals surface area contributed by atoms with Gasteiger partial charge < -0.3 is 4.90 Å². The van der Waals surface area contributed by atoms with Crippen molar-refractivity contribution >= 4 is 81.8 Å². The minimum absolute atomic E-state index is 0.0903. The molecule has 0 unspecified atom stereocenters. The van der Waals surface area contributed by atoms with Gasteiger partial charge in [0, 0.05) is 48.1 Å². The number of para-hydroxylation sites is 2. The normalized spacial score (nSPS) is 15.0. The number of nitrogens with zero attached hydrogens (tertiary/aromatic N) is 8. The summed E-state index contributed by atoms with van der Waals surface area (Å²) in [5, 5.41) is 5.25. The molecule has 11 nitrogen and oxygen atoms in total. The first kappa shape index (κ1) is 40.6. The maximum atomic E-state index is 13.6. The molecule has 9 rings (SSSR count). The van der Waals surface area contributed by atoms with Crippen LogP contribution < -0.4 is 20.0 Å². The molecule has 6 aromatic rings. The van der Waals surface area contributed by atoms with E-state index in [0.29, 0.717) is 63.0 Å². The van der Waals surface area contributed by atoms with Crippen molar-refractivity contribution in [3.05, 3.63) is 154 Å². The highest BCUT2D eigenvalue weighted by atomic mass is 35.5. The second kappa shape index (κ2) is 19.3. The van der Waals surface area contributed by atoms with Crippen LogP contribution in [0.5, 0.6) is 0 Å². The van der Waals surface area contributed by atoms with E-state index in [2.05, 4.69) is 49.4 Å². The fourth-order valence-electron chi connectivity index (χ4n) is 6.98. The fourth-order valence-corrected chi connectivity index (χ4v) is 9.00. The molecule has 0 saturated carbocycles. The Morgan fingerprint density at radius 1 is 0.610 bits per heavy atom. The number of carbonyl (C=O) groups excluding carboxylic acids is 2. The van der Waals surface area contributed by atoms with Crippen LogP contribution in [0, 0.1) is 0 Å². The third kappa shape index (κ3) is 10.00. The lowest BCUT2D eigenvalue weighted by molar-refractivity contribution is 0.248. The molecule has 2 aromatic heterocycles. The molecule has 4 amide bonds. The van der Waals surface area contributed by atoms with Gasteiger partial charge in [0.25, 0.3) is 0 Å². The van der Waals surface area contributed by atoms with Crippen LogP contribution in [0.3, 0.4) is 0 Å². The van der Waals surface area contributed by atoms with Crippen LogP contribution in [0.4, 0.5) is 32.6 Å². The Labute approximate surface area is 362 Å². The maximum Gasteiger partial charge on any atom is 0.330 e. The summed E-state index contributed by atoms with van der Waals surface area (Å²) in [6, 6.07) is 34.8. The van der Waals surface area contributed by atoms with Gasteiger partial charge in [0.2, 0.25) is 0 Å². The number of nitrogens with one attached hydrogen (secondary N) is 1. The Hall–Kier alpha value is -5.18. The van der Waals surface area contributed by atoms with Crippen LogP contribution in [0.2, 0.25) is 10.0 Å². The zero-order chi connectivity index (χ0) is 40.6. The van der Waals surface area contributed by atoms with Crippen molar-refractivity contribution in [3.8, 4) is 0 Å². The number of amides is 4. The zero-order valence-electron chi connectivity index (χ0n) is 32.1. The molecule has 4 aromatic carbocycles. The molecule has 3 aliphatic rings. The number of likely N-dealkylation sites (tertiary alicyclic amines) is 1. The number of benzene rings is 4. The van der Waals surface area contributed by atoms with Gasteiger partial charge >= 0.3 is 12.1 Å². The van der Waals surface area contributed by atoms with E-state index in [1.165, 1.54) is 35.7 Å². The quantitative estimate of drug-likeness (QED) is 0.101. The molecule has 1 N–H and O–H groups in total. The fraction of sp³-hybridized carbons (Fsp3) is 0.227. The highest BCUT2D eigenvalue weighted by molar-refractivity contribution is 7.98. The summed E-state index contributed by atoms with van der Waals surface area (Å²) in [5.74, 6) is 2.84. The highest BCUT2D eigenvalue weighted by Crippen LogP contribution is 2.36. The number of halogens is 2. The average Bonchev–Trinajstić information content (AvgIpc) is 3.80. The topological polar surface area (TPSA) is 111 Å². The summed E-state index contributed by atoms with van der Waals surface area (Å²) in [5.41, 5.74) is 5.58. The first-order chi connectivity index (χ1) is 28.9. The van der Waals surface area contributed by atoms with Crippen LogP contribution in [0.25, 0.3) is 0 Å². The summed E-state index contributed by atoms with van der Waals surface area (Å²) < 4.78 is 0. The Bertz CT molecular complexity index is 2410. The summed E-state index contributed by atoms with van der Waals surface area (Å²) >= 11 is 15.8. The van der Waals surface area contributed by atoms with Gasteiger partial charge in [0.1, 0.15) is 11.6 Å². The molecule has 1 saturated heterocycles. The van der Waals surface area contributed by atoms with Gasteiger partial charge in [-0.2, -0.15) is 0 Å². The Morgan fingerprint density at radius 2 is 1.14 bits per heavy atom. The first-order valence-corrected chi connectivity index (χ1v) is 22.1. The number of carbonyl (C=O) groups is 2. The van der Waals surface area contributed by atoms with Crippen molar-refractivity contribution in [2.24, 2.45) is 0 Å². The van der Waals surface area contributed by atoms with Crippen LogP contribution in [0.1, 0.15) is 35.1 Å². The van der Waals surface area contributed by atoms with Crippen molar-refractivity contribution in [1.82, 2.24) is 24.8 Å². The summed E-state index contributed by atoms with van der Waals surface area (Å²) in [6.07, 6.45) is 6.06. The molecule has 0 radical (unpaired) electrons. The molecule has 300 valence electrons. The van der Waals surface area contributed by atoms with Crippen molar-refractivity contribution in [1.29, 1.82) is 0 Å². The van der Waals surface area contributed by atoms with Gasteiger partial charge in [-0.05, 0) is 61.3 Å². The predicted molar refractivity (Wildman–Crippen MR) is 239 cm³/mol. The van der Waals surface area contributed by atoms with E-state index in [1.54, 1.807) is 38.7 Å². The minimum atomic E-state index is -0.247. The van der Waals surface area contributed by atoms with E-state index in [-0.39, 0.29) is 12.1 Å². The first-order valence-electron chi connectivity index (χ1n) is 19.3. The van der Waals surface area contributed by atoms with Crippen LogP contribution in [-0.2, 0) is 24.6 Å². The Balaban J connectivity index is 0.000000169. The Kier molecular flexibility index (Phi) is 13.2. The van der Waals surface area contributed by atoms with Gasteiger partial charge in [-0.3, -0.25) is 20.0 Å². The highest BCUT2D eigenvalue weighted by Gasteiger charge is 2.34. The van der Waals surface area contributed by atoms with Gasteiger partial charge in [-0.1, -0.05) is 132 Å². The van der Waals surface area contributed by atoms with Gasteiger partial charge in [-0.25, -0.2) is 29.5 Å². The van der Waals surface area contributed by atoms with Gasteiger partial charge in [-0.15, -0.1) is 0 Å². The number of fused-ring (bicyclic) bond motifs is 2. The second-order valence-corrected chi connectivity index (χ2v) is 16.8. The standard InChI is InChI=1S/C25H26ClN5OS.C19H15ClN4OS/c26-21-10-4-5-11-22(21)31-17-20-16-27-24(33-18-19-8-2-1-3-9-19)28-23(20)30(25(31)32)15-14-29-12-6-7-13-29;20-15-8-4-5-9-16(15)24-11-14-10-21-18(22-17(14)23-19(24)25)26-12-13-6-2-1-3-7-13/h1-5,8-11,16H,6-7,12-15,17-18H2;1-10H,11-12H2,(H,21,22,23,25). The minimum Gasteiger partial charge on any atom is -0.302 e. The number of hydrogen-bond donors (Lipinski definition) is 1. The molecule has 0 aliphatic carbocycles. The van der Waals surface area contributed by atoms with Crippen molar-refractivity contribution in [2.45, 2.75) is 47.7 Å². The van der Waals surface area contributed by atoms with E-state index in [1.807, 2.05) is 85.1 Å². The third-order valence-corrected chi connectivity index (χ3v) is 12.6. The SMILES string of the molecule is O=C1N(c2ccccc2Cl)Cc2cnc(SCc3ccccc3)nc2N1CCN1CCCC1.O=C1Nc2nc(SCc3ccccc3)ncc2CN1c1ccccc1Cl. The van der Waals surface area contributed by atoms with E-state index in [0.717, 1.165) is 42.3 Å². The molecule has 0 bridgehead atoms. The third-order valence-electron chi connectivity index (χ3n) is 10.1. The molecule has 0 spiro atoms. The van der Waals surface area contributed by atoms with Gasteiger partial charge in [0.05, 0.1) is 34.5 Å². The molecule has 0 atom stereocenters. The number of aromatic nitrogens is 4. The lowest BCUT2D eigenvalue weighted by atomic mass is 10.2. The van der Waals surface area contributed by atoms with Crippen molar-refractivity contribution in [3.63, 3.8) is 0 Å². The van der Waals surface area contributed by atoms with Crippen molar-refractivity contribution in [2.75, 3.05) is 46.2 Å². The molecular formula is C44H41Cl2N9O2S2. The van der Waals surface area contributed by atoms with E-state index in [4.69, 9.17) is 28.2 Å². The monoisotopic (exact) mass is 861 g/mol. The molecule has 5 heterocycles. The number of urea groups is 2. The average molecular weight is 863 g/mol. The van der Waals surface area contributed by atoms with Crippen LogP contribution in [-0.4, -0.2) is 63.1 Å². The predicted octanol–water partition coefficient (Wildman–Crippen LogP) is 10.4. The molecule has 3 aliphatic heterocycles. The smallest absolute Gasteiger partial charge is 0.302 e. The maximum absolute atomic E-state index is 13.6. The van der Waals surface area contributed by atoms with Crippen LogP contribution >= 0.6 is 46.7 Å². The Morgan fingerprint density at radius 3 is 1.75 bits per heavy atom. The summed E-state index contributed by atoms with van der Waals surface area (Å²) in [6.45, 7) is 4.39. The molecule has 59 heavy (non-hydrogen) atoms. The molecular weight excluding hydrogens is 822 g/mol. The lowest BCUT2D eigenvalue weighted by Crippen LogP contribution is -2.50. The summed E-state index contributed by atoms with van der Waals surface area (Å²) in [4.78, 5) is 52.0. The number of anilines is 4. The molecule has 1 fully saturated rings. The number of hydrogen-bond acceptors (Lipinski definition) is 9. The van der Waals surface area contributed by atoms with Crippen LogP contribution in [0.15, 0.2) is 132 Å². The van der Waals surface area contributed by atoms with E-state index in [9.17, 15) is 9.59 Å². The van der Waals surface area contributed by atoms with E-state index >= 15 is 0 Å². The second-order valence-electron chi connectivity index (χ2n) is 14.1. The van der Waals surface area contributed by atoms with Gasteiger partial charge in [0.15, 0.2) is 10.3 Å². The lowest BCUT2D eigenvalue weighted by Gasteiger charge is -2.37. The number of rotatable bonds is 11. The van der Waals surface area contributed by atoms with E-state index < -0.39 is 0 Å².